The fourth-order valence-electron chi connectivity index (χ4n) is 0.667. The van der Waals surface area contributed by atoms with Crippen LogP contribution in [0.15, 0.2) is 0 Å². The number of nitrogens with zero attached hydrogens (tertiary/aromatic N) is 2. The predicted molar refractivity (Wildman–Crippen MR) is 46.6 cm³/mol. The summed E-state index contributed by atoms with van der Waals surface area (Å²) < 4.78 is 4.14. The molecule has 1 aromatic heterocycles. The quantitative estimate of drug-likeness (QED) is 0.736. The molecule has 0 amide bonds. The SMILES string of the molecule is CC(C)c1nc(C(C)N)ns1. The molecule has 3 nitrogen and oxygen atoms in total. The van der Waals surface area contributed by atoms with E-state index in [4.69, 9.17) is 5.73 Å². The van der Waals surface area contributed by atoms with Crippen LogP contribution in [0.1, 0.15) is 43.6 Å². The Balaban J connectivity index is 2.82. The van der Waals surface area contributed by atoms with Crippen molar-refractivity contribution in [2.45, 2.75) is 32.7 Å². The molecule has 1 aromatic rings. The van der Waals surface area contributed by atoms with Gasteiger partial charge in [0.15, 0.2) is 5.82 Å². The van der Waals surface area contributed by atoms with Crippen LogP contribution in [0.5, 0.6) is 0 Å². The van der Waals surface area contributed by atoms with E-state index in [0.717, 1.165) is 10.8 Å². The van der Waals surface area contributed by atoms with Crippen LogP contribution in [-0.2, 0) is 0 Å². The molecule has 0 aliphatic carbocycles. The maximum absolute atomic E-state index is 5.61. The van der Waals surface area contributed by atoms with Crippen molar-refractivity contribution in [3.63, 3.8) is 0 Å². The molecule has 0 spiro atoms. The summed E-state index contributed by atoms with van der Waals surface area (Å²) in [5.41, 5.74) is 5.61. The molecule has 0 bridgehead atoms. The highest BCUT2D eigenvalue weighted by atomic mass is 32.1. The Labute approximate surface area is 70.8 Å². The fraction of sp³-hybridized carbons (Fsp3) is 0.714. The first-order valence-corrected chi connectivity index (χ1v) is 4.47. The summed E-state index contributed by atoms with van der Waals surface area (Å²) in [5.74, 6) is 1.22. The second kappa shape index (κ2) is 3.28. The summed E-state index contributed by atoms with van der Waals surface area (Å²) in [6.45, 7) is 6.10. The average Bonchev–Trinajstić information content (AvgIpc) is 2.33. The lowest BCUT2D eigenvalue weighted by atomic mass is 10.2. The summed E-state index contributed by atoms with van der Waals surface area (Å²) in [7, 11) is 0. The van der Waals surface area contributed by atoms with Crippen LogP contribution >= 0.6 is 11.5 Å². The Bertz CT molecular complexity index is 207. The molecule has 62 valence electrons. The van der Waals surface area contributed by atoms with Gasteiger partial charge in [-0.3, -0.25) is 0 Å². The van der Waals surface area contributed by atoms with Gasteiger partial charge in [-0.1, -0.05) is 13.8 Å². The van der Waals surface area contributed by atoms with E-state index in [-0.39, 0.29) is 6.04 Å². The lowest BCUT2D eigenvalue weighted by Gasteiger charge is -1.97. The lowest BCUT2D eigenvalue weighted by Crippen LogP contribution is -2.06. The van der Waals surface area contributed by atoms with Crippen LogP contribution in [-0.4, -0.2) is 9.36 Å². The second-order valence-electron chi connectivity index (χ2n) is 2.93. The van der Waals surface area contributed by atoms with E-state index >= 15 is 0 Å². The molecule has 1 rings (SSSR count). The average molecular weight is 171 g/mol. The third-order valence-corrected chi connectivity index (χ3v) is 2.39. The molecule has 1 heterocycles. The number of hydrogen-bond donors (Lipinski definition) is 1. The zero-order chi connectivity index (χ0) is 8.43. The number of hydrogen-bond acceptors (Lipinski definition) is 4. The Hall–Kier alpha value is -0.480. The summed E-state index contributed by atoms with van der Waals surface area (Å²) in [6, 6.07) is -0.0428. The molecule has 1 unspecified atom stereocenters. The Morgan fingerprint density at radius 2 is 2.00 bits per heavy atom. The molecule has 2 N–H and O–H groups in total. The van der Waals surface area contributed by atoms with Gasteiger partial charge in [0, 0.05) is 5.92 Å². The third-order valence-electron chi connectivity index (χ3n) is 1.36. The van der Waals surface area contributed by atoms with Crippen molar-refractivity contribution in [3.8, 4) is 0 Å². The molecule has 0 saturated carbocycles. The summed E-state index contributed by atoms with van der Waals surface area (Å²) in [6.07, 6.45) is 0. The van der Waals surface area contributed by atoms with Crippen molar-refractivity contribution >= 4 is 11.5 Å². The van der Waals surface area contributed by atoms with Crippen molar-refractivity contribution in [1.82, 2.24) is 9.36 Å². The Morgan fingerprint density at radius 3 is 2.27 bits per heavy atom. The van der Waals surface area contributed by atoms with Gasteiger partial charge in [0.05, 0.1) is 6.04 Å². The van der Waals surface area contributed by atoms with Crippen molar-refractivity contribution in [1.29, 1.82) is 0 Å². The first kappa shape index (κ1) is 8.62. The van der Waals surface area contributed by atoms with Crippen LogP contribution in [0, 0.1) is 0 Å². The van der Waals surface area contributed by atoms with E-state index in [1.807, 2.05) is 6.92 Å². The number of rotatable bonds is 2. The van der Waals surface area contributed by atoms with Gasteiger partial charge in [-0.05, 0) is 18.5 Å². The van der Waals surface area contributed by atoms with Crippen LogP contribution in [0.3, 0.4) is 0 Å². The minimum atomic E-state index is -0.0428. The van der Waals surface area contributed by atoms with Crippen LogP contribution in [0.2, 0.25) is 0 Å². The molecule has 11 heavy (non-hydrogen) atoms. The van der Waals surface area contributed by atoms with Crippen molar-refractivity contribution < 1.29 is 0 Å². The molecule has 0 radical (unpaired) electrons. The van der Waals surface area contributed by atoms with Gasteiger partial charge in [0.25, 0.3) is 0 Å². The lowest BCUT2D eigenvalue weighted by molar-refractivity contribution is 0.742. The highest BCUT2D eigenvalue weighted by Gasteiger charge is 2.09. The minimum Gasteiger partial charge on any atom is -0.322 e. The Kier molecular flexibility index (Phi) is 2.57. The highest BCUT2D eigenvalue weighted by molar-refractivity contribution is 7.05. The normalized spacial score (nSPS) is 13.9. The first-order valence-electron chi connectivity index (χ1n) is 3.70. The fourth-order valence-corrected chi connectivity index (χ4v) is 1.41. The van der Waals surface area contributed by atoms with Gasteiger partial charge >= 0.3 is 0 Å². The molecule has 0 saturated heterocycles. The van der Waals surface area contributed by atoms with E-state index in [0.29, 0.717) is 5.92 Å². The van der Waals surface area contributed by atoms with Crippen LogP contribution in [0.25, 0.3) is 0 Å². The first-order chi connectivity index (χ1) is 5.11. The molecule has 0 aliphatic rings. The topological polar surface area (TPSA) is 51.8 Å². The minimum absolute atomic E-state index is 0.0428. The van der Waals surface area contributed by atoms with Crippen LogP contribution in [0.4, 0.5) is 0 Å². The van der Waals surface area contributed by atoms with Gasteiger partial charge in [-0.2, -0.15) is 4.37 Å². The molecule has 0 aromatic carbocycles. The van der Waals surface area contributed by atoms with Gasteiger partial charge in [-0.15, -0.1) is 0 Å². The monoisotopic (exact) mass is 171 g/mol. The third kappa shape index (κ3) is 1.97. The standard InChI is InChI=1S/C7H13N3S/c1-4(2)7-9-6(5(3)8)10-11-7/h4-5H,8H2,1-3H3. The number of aromatic nitrogens is 2. The molecular weight excluding hydrogens is 158 g/mol. The molecule has 4 heteroatoms. The van der Waals surface area contributed by atoms with E-state index in [2.05, 4.69) is 23.2 Å². The van der Waals surface area contributed by atoms with E-state index in [1.54, 1.807) is 0 Å². The van der Waals surface area contributed by atoms with Crippen molar-refractivity contribution in [2.75, 3.05) is 0 Å². The maximum Gasteiger partial charge on any atom is 0.158 e. The van der Waals surface area contributed by atoms with E-state index in [9.17, 15) is 0 Å². The van der Waals surface area contributed by atoms with Crippen molar-refractivity contribution in [3.05, 3.63) is 10.8 Å². The van der Waals surface area contributed by atoms with Crippen LogP contribution < -0.4 is 5.73 Å². The molecule has 0 fully saturated rings. The summed E-state index contributed by atoms with van der Waals surface area (Å²) in [4.78, 5) is 4.29. The second-order valence-corrected chi connectivity index (χ2v) is 3.72. The van der Waals surface area contributed by atoms with Gasteiger partial charge in [0.1, 0.15) is 5.01 Å². The molecule has 1 atom stereocenters. The zero-order valence-corrected chi connectivity index (χ0v) is 7.85. The summed E-state index contributed by atoms with van der Waals surface area (Å²) >= 11 is 1.44. The van der Waals surface area contributed by atoms with Gasteiger partial charge in [0.2, 0.25) is 0 Å². The molecular formula is C7H13N3S. The maximum atomic E-state index is 5.61. The van der Waals surface area contributed by atoms with E-state index < -0.39 is 0 Å². The van der Waals surface area contributed by atoms with E-state index in [1.165, 1.54) is 11.5 Å². The highest BCUT2D eigenvalue weighted by Crippen LogP contribution is 2.17. The van der Waals surface area contributed by atoms with Gasteiger partial charge in [-0.25, -0.2) is 4.98 Å². The summed E-state index contributed by atoms with van der Waals surface area (Å²) in [5, 5.41) is 1.07. The van der Waals surface area contributed by atoms with Crippen molar-refractivity contribution in [2.24, 2.45) is 5.73 Å². The van der Waals surface area contributed by atoms with Gasteiger partial charge < -0.3 is 5.73 Å². The largest absolute Gasteiger partial charge is 0.322 e. The number of nitrogens with two attached hydrogens (primary N) is 1. The smallest absolute Gasteiger partial charge is 0.158 e. The molecule has 0 aliphatic heterocycles. The zero-order valence-electron chi connectivity index (χ0n) is 7.03. The predicted octanol–water partition coefficient (Wildman–Crippen LogP) is 1.68. The Morgan fingerprint density at radius 1 is 1.36 bits per heavy atom.